The van der Waals surface area contributed by atoms with Crippen molar-refractivity contribution < 1.29 is 13.2 Å². The van der Waals surface area contributed by atoms with Gasteiger partial charge in [0.1, 0.15) is 5.82 Å². The van der Waals surface area contributed by atoms with E-state index >= 15 is 0 Å². The molecule has 5 heteroatoms. The molecule has 0 saturated carbocycles. The summed E-state index contributed by atoms with van der Waals surface area (Å²) in [6.45, 7) is 0. The number of nitrogens with two attached hydrogens (primary N) is 1. The first kappa shape index (κ1) is 13.1. The molecule has 0 spiro atoms. The van der Waals surface area contributed by atoms with Crippen LogP contribution in [0.3, 0.4) is 0 Å². The highest BCUT2D eigenvalue weighted by Gasteiger charge is 2.14. The van der Waals surface area contributed by atoms with Gasteiger partial charge in [-0.2, -0.15) is 0 Å². The van der Waals surface area contributed by atoms with Gasteiger partial charge in [0.25, 0.3) is 0 Å². The summed E-state index contributed by atoms with van der Waals surface area (Å²) in [6, 6.07) is 9.28. The molecule has 1 aromatic heterocycles. The molecule has 0 aliphatic heterocycles. The van der Waals surface area contributed by atoms with E-state index in [9.17, 15) is 13.2 Å². The summed E-state index contributed by atoms with van der Waals surface area (Å²) in [5, 5.41) is 0.753. The molecule has 20 heavy (non-hydrogen) atoms. The molecule has 0 radical (unpaired) electrons. The van der Waals surface area contributed by atoms with Crippen molar-refractivity contribution in [2.24, 2.45) is 5.73 Å². The fourth-order valence-corrected chi connectivity index (χ4v) is 3.13. The van der Waals surface area contributed by atoms with Gasteiger partial charge in [0, 0.05) is 9.58 Å². The van der Waals surface area contributed by atoms with E-state index in [4.69, 9.17) is 5.73 Å². The van der Waals surface area contributed by atoms with E-state index < -0.39 is 17.7 Å². The van der Waals surface area contributed by atoms with Crippen molar-refractivity contribution in [3.63, 3.8) is 0 Å². The van der Waals surface area contributed by atoms with Crippen molar-refractivity contribution >= 4 is 21.4 Å². The van der Waals surface area contributed by atoms with Crippen LogP contribution >= 0.6 is 11.3 Å². The first-order chi connectivity index (χ1) is 9.54. The van der Waals surface area contributed by atoms with Gasteiger partial charge >= 0.3 is 0 Å². The monoisotopic (exact) mass is 293 g/mol. The minimum atomic E-state index is -0.926. The van der Waals surface area contributed by atoms with Crippen molar-refractivity contribution in [3.8, 4) is 0 Å². The van der Waals surface area contributed by atoms with Crippen LogP contribution in [0.15, 0.2) is 42.5 Å². The third kappa shape index (κ3) is 2.30. The van der Waals surface area contributed by atoms with Crippen molar-refractivity contribution in [1.29, 1.82) is 0 Å². The zero-order valence-electron chi connectivity index (χ0n) is 10.2. The molecule has 1 nitrogen and oxygen atoms in total. The summed E-state index contributed by atoms with van der Waals surface area (Å²) >= 11 is 1.41. The lowest BCUT2D eigenvalue weighted by Crippen LogP contribution is -2.10. The Bertz CT molecular complexity index is 782. The standard InChI is InChI=1S/C15H10F3NS/c16-10-2-4-13-9(5-10)7-14(20-13)15(19)8-1-3-11(17)12(18)6-8/h1-7,15H,19H2. The maximum atomic E-state index is 13.2. The number of hydrogen-bond acceptors (Lipinski definition) is 2. The summed E-state index contributed by atoms with van der Waals surface area (Å²) in [5.74, 6) is -2.15. The maximum absolute atomic E-state index is 13.2. The maximum Gasteiger partial charge on any atom is 0.159 e. The van der Waals surface area contributed by atoms with Gasteiger partial charge in [0.15, 0.2) is 11.6 Å². The number of halogens is 3. The van der Waals surface area contributed by atoms with Crippen LogP contribution in [0.4, 0.5) is 13.2 Å². The molecule has 1 heterocycles. The van der Waals surface area contributed by atoms with E-state index in [2.05, 4.69) is 0 Å². The lowest BCUT2D eigenvalue weighted by molar-refractivity contribution is 0.506. The van der Waals surface area contributed by atoms with Crippen molar-refractivity contribution in [2.75, 3.05) is 0 Å². The molecule has 0 fully saturated rings. The lowest BCUT2D eigenvalue weighted by Gasteiger charge is -2.09. The molecule has 0 aliphatic rings. The number of fused-ring (bicyclic) bond motifs is 1. The van der Waals surface area contributed by atoms with Crippen LogP contribution in [0.1, 0.15) is 16.5 Å². The molecule has 1 atom stereocenters. The van der Waals surface area contributed by atoms with Crippen LogP contribution in [0.25, 0.3) is 10.1 Å². The van der Waals surface area contributed by atoms with Crippen LogP contribution in [-0.2, 0) is 0 Å². The Hall–Kier alpha value is -1.85. The largest absolute Gasteiger partial charge is 0.320 e. The average molecular weight is 293 g/mol. The molecule has 0 bridgehead atoms. The fourth-order valence-electron chi connectivity index (χ4n) is 2.06. The smallest absolute Gasteiger partial charge is 0.159 e. The van der Waals surface area contributed by atoms with Gasteiger partial charge in [-0.05, 0) is 47.3 Å². The normalized spacial score (nSPS) is 12.8. The van der Waals surface area contributed by atoms with Gasteiger partial charge in [-0.3, -0.25) is 0 Å². The molecule has 1 unspecified atom stereocenters. The van der Waals surface area contributed by atoms with Gasteiger partial charge in [-0.15, -0.1) is 11.3 Å². The molecule has 0 aliphatic carbocycles. The van der Waals surface area contributed by atoms with Crippen LogP contribution in [0, 0.1) is 17.5 Å². The number of thiophene rings is 1. The van der Waals surface area contributed by atoms with Crippen LogP contribution in [0.5, 0.6) is 0 Å². The zero-order chi connectivity index (χ0) is 14.3. The summed E-state index contributed by atoms with van der Waals surface area (Å²) in [4.78, 5) is 0.775. The minimum Gasteiger partial charge on any atom is -0.320 e. The van der Waals surface area contributed by atoms with Crippen LogP contribution in [0.2, 0.25) is 0 Å². The Balaban J connectivity index is 2.02. The number of rotatable bonds is 2. The molecule has 2 aromatic carbocycles. The third-order valence-corrected chi connectivity index (χ3v) is 4.31. The van der Waals surface area contributed by atoms with E-state index in [1.54, 1.807) is 12.1 Å². The molecule has 0 amide bonds. The van der Waals surface area contributed by atoms with Crippen molar-refractivity contribution in [1.82, 2.24) is 0 Å². The number of benzene rings is 2. The van der Waals surface area contributed by atoms with Gasteiger partial charge in [-0.25, -0.2) is 13.2 Å². The van der Waals surface area contributed by atoms with E-state index in [1.165, 1.54) is 29.5 Å². The first-order valence-electron chi connectivity index (χ1n) is 5.94. The Labute approximate surface area is 117 Å². The van der Waals surface area contributed by atoms with E-state index in [1.807, 2.05) is 0 Å². The Morgan fingerprint density at radius 1 is 0.900 bits per heavy atom. The van der Waals surface area contributed by atoms with Gasteiger partial charge in [0.2, 0.25) is 0 Å². The molecule has 0 saturated heterocycles. The molecule has 3 rings (SSSR count). The lowest BCUT2D eigenvalue weighted by atomic mass is 10.1. The zero-order valence-corrected chi connectivity index (χ0v) is 11.1. The van der Waals surface area contributed by atoms with Gasteiger partial charge < -0.3 is 5.73 Å². The second-order valence-electron chi connectivity index (χ2n) is 4.48. The van der Waals surface area contributed by atoms with Crippen molar-refractivity contribution in [2.45, 2.75) is 6.04 Å². The highest BCUT2D eigenvalue weighted by molar-refractivity contribution is 7.19. The number of hydrogen-bond donors (Lipinski definition) is 1. The Kier molecular flexibility index (Phi) is 3.23. The van der Waals surface area contributed by atoms with Crippen LogP contribution in [-0.4, -0.2) is 0 Å². The minimum absolute atomic E-state index is 0.316. The van der Waals surface area contributed by atoms with E-state index in [0.717, 1.165) is 27.1 Å². The first-order valence-corrected chi connectivity index (χ1v) is 6.76. The fraction of sp³-hybridized carbons (Fsp3) is 0.0667. The summed E-state index contributed by atoms with van der Waals surface area (Å²) < 4.78 is 40.2. The summed E-state index contributed by atoms with van der Waals surface area (Å²) in [7, 11) is 0. The third-order valence-electron chi connectivity index (χ3n) is 3.11. The topological polar surface area (TPSA) is 26.0 Å². The van der Waals surface area contributed by atoms with Gasteiger partial charge in [0.05, 0.1) is 6.04 Å². The average Bonchev–Trinajstić information content (AvgIpc) is 2.84. The quantitative estimate of drug-likeness (QED) is 0.746. The van der Waals surface area contributed by atoms with Crippen LogP contribution < -0.4 is 5.73 Å². The second-order valence-corrected chi connectivity index (χ2v) is 5.60. The predicted molar refractivity (Wildman–Crippen MR) is 74.2 cm³/mol. The van der Waals surface area contributed by atoms with Crippen molar-refractivity contribution in [3.05, 3.63) is 70.4 Å². The molecular weight excluding hydrogens is 283 g/mol. The Morgan fingerprint density at radius 2 is 1.70 bits per heavy atom. The second kappa shape index (κ2) is 4.92. The highest BCUT2D eigenvalue weighted by Crippen LogP contribution is 2.32. The molecule has 3 aromatic rings. The van der Waals surface area contributed by atoms with E-state index in [0.29, 0.717) is 5.56 Å². The molecular formula is C15H10F3NS. The predicted octanol–water partition coefficient (Wildman–Crippen LogP) is 4.37. The summed E-state index contributed by atoms with van der Waals surface area (Å²) in [5.41, 5.74) is 6.55. The summed E-state index contributed by atoms with van der Waals surface area (Å²) in [6.07, 6.45) is 0. The molecule has 2 N–H and O–H groups in total. The highest BCUT2D eigenvalue weighted by atomic mass is 32.1. The van der Waals surface area contributed by atoms with Gasteiger partial charge in [-0.1, -0.05) is 6.07 Å². The van der Waals surface area contributed by atoms with E-state index in [-0.39, 0.29) is 5.82 Å². The Morgan fingerprint density at radius 3 is 2.45 bits per heavy atom. The molecule has 102 valence electrons. The SMILES string of the molecule is NC(c1ccc(F)c(F)c1)c1cc2cc(F)ccc2s1.